The first-order valence-electron chi connectivity index (χ1n) is 1.74. The van der Waals surface area contributed by atoms with Crippen molar-refractivity contribution in [3.05, 3.63) is 0 Å². The van der Waals surface area contributed by atoms with Crippen molar-refractivity contribution in [3.8, 4) is 0 Å². The lowest BCUT2D eigenvalue weighted by Gasteiger charge is -1.59. The summed E-state index contributed by atoms with van der Waals surface area (Å²) in [5.41, 5.74) is 0. The number of carboxylic acids is 1. The van der Waals surface area contributed by atoms with Crippen LogP contribution in [-0.2, 0) is 9.59 Å². The lowest BCUT2D eigenvalue weighted by molar-refractivity contribution is -0.134. The summed E-state index contributed by atoms with van der Waals surface area (Å²) in [4.78, 5) is 17.8. The summed E-state index contributed by atoms with van der Waals surface area (Å²) >= 11 is 0. The summed E-state index contributed by atoms with van der Waals surface area (Å²) in [5.74, 6) is -0.833. The van der Waals surface area contributed by atoms with Gasteiger partial charge in [0.25, 0.3) is 5.97 Å². The molecule has 0 aromatic heterocycles. The van der Waals surface area contributed by atoms with Crippen LogP contribution in [0.25, 0.3) is 0 Å². The van der Waals surface area contributed by atoms with Gasteiger partial charge in [0.2, 0.25) is 0 Å². The van der Waals surface area contributed by atoms with Gasteiger partial charge in [-0.2, -0.15) is 0 Å². The molecule has 0 atom stereocenters. The minimum absolute atomic E-state index is 0.750. The summed E-state index contributed by atoms with van der Waals surface area (Å²) in [6, 6.07) is 0. The SMILES string of the molecule is CC(=O)O.CC=O. The van der Waals surface area contributed by atoms with E-state index in [0.717, 1.165) is 13.2 Å². The van der Waals surface area contributed by atoms with Crippen molar-refractivity contribution >= 4 is 12.3 Å². The van der Waals surface area contributed by atoms with Gasteiger partial charge >= 0.3 is 0 Å². The van der Waals surface area contributed by atoms with Crippen LogP contribution >= 0.6 is 0 Å². The van der Waals surface area contributed by atoms with Crippen molar-refractivity contribution < 1.29 is 14.7 Å². The fourth-order valence-electron chi connectivity index (χ4n) is 0. The van der Waals surface area contributed by atoms with Gasteiger partial charge < -0.3 is 9.90 Å². The van der Waals surface area contributed by atoms with E-state index in [4.69, 9.17) is 14.7 Å². The van der Waals surface area contributed by atoms with E-state index in [1.54, 1.807) is 0 Å². The zero-order valence-corrected chi connectivity index (χ0v) is 4.34. The maximum atomic E-state index is 9.00. The third kappa shape index (κ3) is 68.5. The normalized spacial score (nSPS) is 5.43. The molecule has 3 nitrogen and oxygen atoms in total. The van der Waals surface area contributed by atoms with Gasteiger partial charge in [-0.25, -0.2) is 0 Å². The van der Waals surface area contributed by atoms with Gasteiger partial charge in [-0.15, -0.1) is 0 Å². The Labute approximate surface area is 42.0 Å². The minimum atomic E-state index is -0.833. The predicted molar refractivity (Wildman–Crippen MR) is 25.0 cm³/mol. The number of aliphatic carboxylic acids is 1. The molecule has 0 unspecified atom stereocenters. The van der Waals surface area contributed by atoms with Crippen LogP contribution in [0.3, 0.4) is 0 Å². The number of carboxylic acid groups (broad SMARTS) is 1. The molecule has 0 spiro atoms. The van der Waals surface area contributed by atoms with E-state index in [0.29, 0.717) is 0 Å². The molecule has 0 aromatic rings. The molecule has 1 N–H and O–H groups in total. The van der Waals surface area contributed by atoms with E-state index in [1.165, 1.54) is 6.92 Å². The number of carbonyl (C=O) groups excluding carboxylic acids is 1. The van der Waals surface area contributed by atoms with Crippen molar-refractivity contribution in [2.24, 2.45) is 0 Å². The van der Waals surface area contributed by atoms with Gasteiger partial charge in [-0.3, -0.25) is 4.79 Å². The molecule has 0 saturated carbocycles. The molecular formula is C4H8O3. The number of carbonyl (C=O) groups is 2. The Hall–Kier alpha value is -0.860. The van der Waals surface area contributed by atoms with Gasteiger partial charge in [0.1, 0.15) is 6.29 Å². The Morgan fingerprint density at radius 2 is 1.71 bits per heavy atom. The molecular weight excluding hydrogens is 96.0 g/mol. The third-order valence-electron chi connectivity index (χ3n) is 0. The monoisotopic (exact) mass is 104 g/mol. The molecule has 0 saturated heterocycles. The first kappa shape index (κ1) is 9.46. The smallest absolute Gasteiger partial charge is 0.300 e. The lowest BCUT2D eigenvalue weighted by Crippen LogP contribution is -1.78. The molecule has 7 heavy (non-hydrogen) atoms. The highest BCUT2D eigenvalue weighted by molar-refractivity contribution is 5.62. The Bertz CT molecular complexity index is 54.0. The predicted octanol–water partition coefficient (Wildman–Crippen LogP) is 0.296. The first-order chi connectivity index (χ1) is 3.15. The van der Waals surface area contributed by atoms with Crippen LogP contribution in [0, 0.1) is 0 Å². The number of aldehydes is 1. The molecule has 0 rings (SSSR count). The van der Waals surface area contributed by atoms with Crippen LogP contribution in [0.5, 0.6) is 0 Å². The third-order valence-corrected chi connectivity index (χ3v) is 0. The molecule has 0 radical (unpaired) electrons. The molecule has 3 heteroatoms. The molecule has 42 valence electrons. The van der Waals surface area contributed by atoms with E-state index in [1.807, 2.05) is 0 Å². The van der Waals surface area contributed by atoms with E-state index < -0.39 is 5.97 Å². The van der Waals surface area contributed by atoms with Crippen LogP contribution in [0.4, 0.5) is 0 Å². The molecule has 0 aromatic carbocycles. The van der Waals surface area contributed by atoms with Crippen LogP contribution in [-0.4, -0.2) is 17.4 Å². The zero-order chi connectivity index (χ0) is 6.28. The quantitative estimate of drug-likeness (QED) is 0.449. The maximum Gasteiger partial charge on any atom is 0.300 e. The molecule has 0 bridgehead atoms. The lowest BCUT2D eigenvalue weighted by atomic mass is 10.9. The highest BCUT2D eigenvalue weighted by atomic mass is 16.4. The standard InChI is InChI=1S/C2H4O2.C2H4O/c1-2(3)4;1-2-3/h1H3,(H,3,4);2H,1H3. The number of rotatable bonds is 0. The van der Waals surface area contributed by atoms with Crippen LogP contribution in [0.1, 0.15) is 13.8 Å². The summed E-state index contributed by atoms with van der Waals surface area (Å²) in [6.45, 7) is 2.53. The maximum absolute atomic E-state index is 9.00. The Morgan fingerprint density at radius 3 is 1.71 bits per heavy atom. The minimum Gasteiger partial charge on any atom is -0.481 e. The fraction of sp³-hybridized carbons (Fsp3) is 0.500. The second-order valence-electron chi connectivity index (χ2n) is 0.755. The second kappa shape index (κ2) is 8.94. The first-order valence-corrected chi connectivity index (χ1v) is 1.74. The Balaban J connectivity index is 0. The van der Waals surface area contributed by atoms with E-state index in [9.17, 15) is 0 Å². The number of hydrogen-bond acceptors (Lipinski definition) is 2. The molecule has 0 heterocycles. The van der Waals surface area contributed by atoms with Gasteiger partial charge in [-0.05, 0) is 6.92 Å². The van der Waals surface area contributed by atoms with Crippen molar-refractivity contribution in [3.63, 3.8) is 0 Å². The Morgan fingerprint density at radius 1 is 1.71 bits per heavy atom. The largest absolute Gasteiger partial charge is 0.481 e. The topological polar surface area (TPSA) is 54.4 Å². The molecule has 0 amide bonds. The summed E-state index contributed by atoms with van der Waals surface area (Å²) in [7, 11) is 0. The average molecular weight is 104 g/mol. The summed E-state index contributed by atoms with van der Waals surface area (Å²) in [6.07, 6.45) is 0.750. The van der Waals surface area contributed by atoms with Gasteiger partial charge in [0.05, 0.1) is 0 Å². The number of hydrogen-bond donors (Lipinski definition) is 1. The van der Waals surface area contributed by atoms with E-state index >= 15 is 0 Å². The summed E-state index contributed by atoms with van der Waals surface area (Å²) in [5, 5.41) is 7.42. The van der Waals surface area contributed by atoms with Crippen LogP contribution in [0.2, 0.25) is 0 Å². The van der Waals surface area contributed by atoms with Crippen LogP contribution in [0.15, 0.2) is 0 Å². The van der Waals surface area contributed by atoms with Crippen molar-refractivity contribution in [1.82, 2.24) is 0 Å². The summed E-state index contributed by atoms with van der Waals surface area (Å²) < 4.78 is 0. The van der Waals surface area contributed by atoms with Crippen LogP contribution < -0.4 is 0 Å². The zero-order valence-electron chi connectivity index (χ0n) is 4.34. The highest BCUT2D eigenvalue weighted by Crippen LogP contribution is 1.42. The van der Waals surface area contributed by atoms with Crippen molar-refractivity contribution in [2.45, 2.75) is 13.8 Å². The second-order valence-corrected chi connectivity index (χ2v) is 0.755. The molecule has 0 fully saturated rings. The fourth-order valence-corrected chi connectivity index (χ4v) is 0. The molecule has 0 aliphatic carbocycles. The highest BCUT2D eigenvalue weighted by Gasteiger charge is 1.65. The van der Waals surface area contributed by atoms with Gasteiger partial charge in [0, 0.05) is 6.92 Å². The van der Waals surface area contributed by atoms with Crippen molar-refractivity contribution in [1.29, 1.82) is 0 Å². The van der Waals surface area contributed by atoms with Gasteiger partial charge in [-0.1, -0.05) is 0 Å². The molecule has 0 aliphatic rings. The van der Waals surface area contributed by atoms with Crippen molar-refractivity contribution in [2.75, 3.05) is 0 Å². The van der Waals surface area contributed by atoms with E-state index in [-0.39, 0.29) is 0 Å². The average Bonchev–Trinajstić information content (AvgIpc) is 1.33. The van der Waals surface area contributed by atoms with E-state index in [2.05, 4.69) is 0 Å². The Kier molecular flexibility index (Phi) is 12.1. The van der Waals surface area contributed by atoms with Gasteiger partial charge in [0.15, 0.2) is 0 Å². The molecule has 0 aliphatic heterocycles.